The number of aromatic nitrogens is 3. The molecule has 0 aliphatic rings. The molecule has 0 aliphatic heterocycles. The van der Waals surface area contributed by atoms with Gasteiger partial charge >= 0.3 is 0 Å². The van der Waals surface area contributed by atoms with E-state index in [-0.39, 0.29) is 5.91 Å². The molecule has 6 nitrogen and oxygen atoms in total. The molecular weight excluding hydrogens is 398 g/mol. The summed E-state index contributed by atoms with van der Waals surface area (Å²) in [6, 6.07) is 17.0. The van der Waals surface area contributed by atoms with Crippen LogP contribution in [0.2, 0.25) is 5.02 Å². The summed E-state index contributed by atoms with van der Waals surface area (Å²) >= 11 is 6.13. The number of likely N-dealkylation sites (N-methyl/N-ethyl adjacent to an activating group) is 1. The number of amides is 1. The fourth-order valence-electron chi connectivity index (χ4n) is 3.25. The second-order valence-corrected chi connectivity index (χ2v) is 7.75. The number of anilines is 1. The number of hydrogen-bond donors (Lipinski definition) is 1. The fraction of sp³-hybridized carbons (Fsp3) is 0.174. The molecule has 0 saturated carbocycles. The number of carbonyl (C=O) groups excluding carboxylic acids is 1. The summed E-state index contributed by atoms with van der Waals surface area (Å²) < 4.78 is 1.65. The molecule has 152 valence electrons. The topological polar surface area (TPSA) is 62.5 Å². The van der Waals surface area contributed by atoms with Crippen molar-refractivity contribution in [3.8, 4) is 11.1 Å². The number of fused-ring (bicyclic) bond motifs is 1. The van der Waals surface area contributed by atoms with Crippen LogP contribution in [0.1, 0.15) is 16.1 Å². The predicted molar refractivity (Wildman–Crippen MR) is 120 cm³/mol. The Morgan fingerprint density at radius 3 is 2.77 bits per heavy atom. The highest BCUT2D eigenvalue weighted by Crippen LogP contribution is 2.26. The number of halogens is 1. The molecule has 2 aromatic heterocycles. The Bertz CT molecular complexity index is 1200. The maximum Gasteiger partial charge on any atom is 0.274 e. The molecule has 4 aromatic rings. The van der Waals surface area contributed by atoms with E-state index >= 15 is 0 Å². The lowest BCUT2D eigenvalue weighted by Crippen LogP contribution is -2.18. The van der Waals surface area contributed by atoms with Gasteiger partial charge in [-0.15, -0.1) is 0 Å². The second kappa shape index (κ2) is 8.65. The molecule has 7 heteroatoms. The lowest BCUT2D eigenvalue weighted by Gasteiger charge is -2.13. The zero-order valence-electron chi connectivity index (χ0n) is 16.8. The van der Waals surface area contributed by atoms with Crippen LogP contribution in [0.25, 0.3) is 16.8 Å². The SMILES string of the molecule is CN(C)CCc1ccccc1NC(=O)c1ccn2ncc(-c3cccc(Cl)c3)c2n1. The zero-order chi connectivity index (χ0) is 21.1. The summed E-state index contributed by atoms with van der Waals surface area (Å²) in [5, 5.41) is 7.98. The monoisotopic (exact) mass is 419 g/mol. The van der Waals surface area contributed by atoms with Gasteiger partial charge in [0.1, 0.15) is 5.69 Å². The van der Waals surface area contributed by atoms with Crippen molar-refractivity contribution in [1.29, 1.82) is 0 Å². The molecular formula is C23H22ClN5O. The fourth-order valence-corrected chi connectivity index (χ4v) is 3.44. The molecule has 1 amide bonds. The molecule has 0 spiro atoms. The van der Waals surface area contributed by atoms with Crippen LogP contribution in [0, 0.1) is 0 Å². The van der Waals surface area contributed by atoms with Crippen LogP contribution in [-0.4, -0.2) is 46.0 Å². The number of carbonyl (C=O) groups is 1. The van der Waals surface area contributed by atoms with E-state index < -0.39 is 0 Å². The molecule has 0 fully saturated rings. The minimum Gasteiger partial charge on any atom is -0.320 e. The van der Waals surface area contributed by atoms with E-state index in [0.29, 0.717) is 16.4 Å². The van der Waals surface area contributed by atoms with Gasteiger partial charge in [0.25, 0.3) is 5.91 Å². The van der Waals surface area contributed by atoms with Crippen LogP contribution in [-0.2, 0) is 6.42 Å². The van der Waals surface area contributed by atoms with Gasteiger partial charge in [-0.05, 0) is 55.9 Å². The molecule has 2 aromatic carbocycles. The summed E-state index contributed by atoms with van der Waals surface area (Å²) in [4.78, 5) is 19.6. The van der Waals surface area contributed by atoms with Gasteiger partial charge in [0.15, 0.2) is 5.65 Å². The van der Waals surface area contributed by atoms with Crippen molar-refractivity contribution in [3.05, 3.63) is 83.3 Å². The van der Waals surface area contributed by atoms with Crippen LogP contribution in [0.3, 0.4) is 0 Å². The minimum atomic E-state index is -0.256. The van der Waals surface area contributed by atoms with Gasteiger partial charge in [-0.2, -0.15) is 5.10 Å². The number of nitrogens with zero attached hydrogens (tertiary/aromatic N) is 4. The standard InChI is InChI=1S/C23H22ClN5O/c1-28(2)12-10-16-6-3-4-9-20(16)27-23(30)21-11-13-29-22(26-21)19(15-25-29)17-7-5-8-18(24)14-17/h3-9,11,13-15H,10,12H2,1-2H3,(H,27,30). The van der Waals surface area contributed by atoms with Crippen LogP contribution < -0.4 is 5.32 Å². The average molecular weight is 420 g/mol. The van der Waals surface area contributed by atoms with Gasteiger partial charge in [0.05, 0.1) is 6.20 Å². The summed E-state index contributed by atoms with van der Waals surface area (Å²) in [5.74, 6) is -0.256. The van der Waals surface area contributed by atoms with E-state index in [0.717, 1.165) is 35.3 Å². The Hall–Kier alpha value is -3.22. The molecule has 0 bridgehead atoms. The highest BCUT2D eigenvalue weighted by Gasteiger charge is 2.14. The number of nitrogens with one attached hydrogen (secondary N) is 1. The van der Waals surface area contributed by atoms with E-state index in [1.165, 1.54) is 0 Å². The maximum atomic E-state index is 12.9. The van der Waals surface area contributed by atoms with Crippen molar-refractivity contribution in [1.82, 2.24) is 19.5 Å². The number of benzene rings is 2. The van der Waals surface area contributed by atoms with Crippen molar-refractivity contribution < 1.29 is 4.79 Å². The normalized spacial score (nSPS) is 11.2. The Labute approximate surface area is 180 Å². The molecule has 2 heterocycles. The van der Waals surface area contributed by atoms with Crippen molar-refractivity contribution in [3.63, 3.8) is 0 Å². The first-order valence-electron chi connectivity index (χ1n) is 9.65. The Balaban J connectivity index is 1.63. The second-order valence-electron chi connectivity index (χ2n) is 7.31. The number of rotatable bonds is 6. The smallest absolute Gasteiger partial charge is 0.274 e. The third-order valence-electron chi connectivity index (χ3n) is 4.83. The molecule has 0 radical (unpaired) electrons. The van der Waals surface area contributed by atoms with E-state index in [4.69, 9.17) is 11.6 Å². The predicted octanol–water partition coefficient (Wildman–Crippen LogP) is 4.41. The van der Waals surface area contributed by atoms with E-state index in [2.05, 4.69) is 20.3 Å². The Morgan fingerprint density at radius 2 is 1.97 bits per heavy atom. The van der Waals surface area contributed by atoms with Crippen LogP contribution in [0.15, 0.2) is 67.0 Å². The lowest BCUT2D eigenvalue weighted by atomic mass is 10.1. The summed E-state index contributed by atoms with van der Waals surface area (Å²) in [7, 11) is 4.06. The Kier molecular flexibility index (Phi) is 5.79. The van der Waals surface area contributed by atoms with Crippen LogP contribution in [0.4, 0.5) is 5.69 Å². The van der Waals surface area contributed by atoms with Crippen LogP contribution >= 0.6 is 11.6 Å². The van der Waals surface area contributed by atoms with Gasteiger partial charge in [0, 0.05) is 29.0 Å². The highest BCUT2D eigenvalue weighted by atomic mass is 35.5. The average Bonchev–Trinajstić information content (AvgIpc) is 3.16. The third-order valence-corrected chi connectivity index (χ3v) is 5.07. The molecule has 0 aliphatic carbocycles. The molecule has 1 N–H and O–H groups in total. The van der Waals surface area contributed by atoms with E-state index in [9.17, 15) is 4.79 Å². The van der Waals surface area contributed by atoms with E-state index in [1.807, 2.05) is 62.6 Å². The summed E-state index contributed by atoms with van der Waals surface area (Å²) in [6.07, 6.45) is 4.31. The third kappa shape index (κ3) is 4.35. The van der Waals surface area contributed by atoms with Gasteiger partial charge in [-0.3, -0.25) is 4.79 Å². The van der Waals surface area contributed by atoms with Crippen molar-refractivity contribution in [2.75, 3.05) is 26.0 Å². The molecule has 4 rings (SSSR count). The van der Waals surface area contributed by atoms with Crippen LogP contribution in [0.5, 0.6) is 0 Å². The molecule has 0 unspecified atom stereocenters. The van der Waals surface area contributed by atoms with Crippen molar-refractivity contribution in [2.24, 2.45) is 0 Å². The molecule has 0 saturated heterocycles. The first kappa shape index (κ1) is 20.1. The van der Waals surface area contributed by atoms with Gasteiger partial charge in [0.2, 0.25) is 0 Å². The first-order valence-corrected chi connectivity index (χ1v) is 10.0. The summed E-state index contributed by atoms with van der Waals surface area (Å²) in [6.45, 7) is 0.899. The lowest BCUT2D eigenvalue weighted by molar-refractivity contribution is 0.102. The van der Waals surface area contributed by atoms with E-state index in [1.54, 1.807) is 23.0 Å². The zero-order valence-corrected chi connectivity index (χ0v) is 17.6. The molecule has 30 heavy (non-hydrogen) atoms. The minimum absolute atomic E-state index is 0.256. The first-order chi connectivity index (χ1) is 14.5. The highest BCUT2D eigenvalue weighted by molar-refractivity contribution is 6.30. The number of hydrogen-bond acceptors (Lipinski definition) is 4. The number of para-hydroxylation sites is 1. The largest absolute Gasteiger partial charge is 0.320 e. The Morgan fingerprint density at radius 1 is 1.13 bits per heavy atom. The van der Waals surface area contributed by atoms with Gasteiger partial charge < -0.3 is 10.2 Å². The quantitative estimate of drug-likeness (QED) is 0.503. The van der Waals surface area contributed by atoms with Gasteiger partial charge in [-0.1, -0.05) is 41.9 Å². The maximum absolute atomic E-state index is 12.9. The van der Waals surface area contributed by atoms with Gasteiger partial charge in [-0.25, -0.2) is 9.50 Å². The molecule has 0 atom stereocenters. The van der Waals surface area contributed by atoms with Crippen molar-refractivity contribution >= 4 is 28.8 Å². The van der Waals surface area contributed by atoms with Crippen molar-refractivity contribution in [2.45, 2.75) is 6.42 Å². The summed E-state index contributed by atoms with van der Waals surface area (Å²) in [5.41, 5.74) is 4.54.